The summed E-state index contributed by atoms with van der Waals surface area (Å²) in [6.45, 7) is 6.56. The molecule has 0 saturated heterocycles. The Kier molecular flexibility index (Phi) is 3.75. The average Bonchev–Trinajstić information content (AvgIpc) is 2.43. The van der Waals surface area contributed by atoms with Crippen molar-refractivity contribution in [2.75, 3.05) is 11.1 Å². The molecule has 2 aromatic carbocycles. The third-order valence-electron chi connectivity index (χ3n) is 3.95. The summed E-state index contributed by atoms with van der Waals surface area (Å²) in [7, 11) is 0. The highest BCUT2D eigenvalue weighted by Crippen LogP contribution is 2.38. The van der Waals surface area contributed by atoms with E-state index in [4.69, 9.17) is 0 Å². The molecule has 104 valence electrons. The molecule has 1 nitrogen and oxygen atoms in total. The van der Waals surface area contributed by atoms with Gasteiger partial charge in [0.05, 0.1) is 6.04 Å². The van der Waals surface area contributed by atoms with Gasteiger partial charge in [-0.3, -0.25) is 0 Å². The number of aryl methyl sites for hydroxylation is 3. The fourth-order valence-electron chi connectivity index (χ4n) is 3.07. The second kappa shape index (κ2) is 5.53. The molecule has 1 N–H and O–H groups in total. The molecule has 1 heterocycles. The maximum absolute atomic E-state index is 3.79. The van der Waals surface area contributed by atoms with E-state index in [1.165, 1.54) is 45.0 Å². The smallest absolute Gasteiger partial charge is 0.0533 e. The molecule has 1 aliphatic rings. The first-order chi connectivity index (χ1) is 9.65. The third kappa shape index (κ3) is 2.57. The van der Waals surface area contributed by atoms with Crippen molar-refractivity contribution in [3.05, 3.63) is 58.7 Å². The van der Waals surface area contributed by atoms with Crippen LogP contribution in [0.5, 0.6) is 0 Å². The number of anilines is 1. The van der Waals surface area contributed by atoms with Crippen molar-refractivity contribution in [1.29, 1.82) is 0 Å². The maximum Gasteiger partial charge on any atom is 0.0533 e. The van der Waals surface area contributed by atoms with E-state index >= 15 is 0 Å². The molecule has 0 aromatic heterocycles. The molecule has 0 amide bonds. The van der Waals surface area contributed by atoms with Gasteiger partial charge in [0.15, 0.2) is 0 Å². The zero-order valence-electron chi connectivity index (χ0n) is 12.4. The van der Waals surface area contributed by atoms with Gasteiger partial charge in [0, 0.05) is 16.3 Å². The largest absolute Gasteiger partial charge is 0.378 e. The predicted octanol–water partition coefficient (Wildman–Crippen LogP) is 5.26. The molecule has 0 saturated carbocycles. The van der Waals surface area contributed by atoms with Crippen LogP contribution in [0.2, 0.25) is 0 Å². The zero-order valence-corrected chi connectivity index (χ0v) is 13.2. The van der Waals surface area contributed by atoms with Crippen LogP contribution in [0.25, 0.3) is 0 Å². The van der Waals surface area contributed by atoms with Gasteiger partial charge >= 0.3 is 0 Å². The van der Waals surface area contributed by atoms with Gasteiger partial charge in [-0.25, -0.2) is 0 Å². The minimum Gasteiger partial charge on any atom is -0.378 e. The van der Waals surface area contributed by atoms with Crippen molar-refractivity contribution >= 4 is 17.4 Å². The lowest BCUT2D eigenvalue weighted by Crippen LogP contribution is -2.17. The topological polar surface area (TPSA) is 12.0 Å². The van der Waals surface area contributed by atoms with E-state index in [1.807, 2.05) is 11.8 Å². The number of hydrogen-bond acceptors (Lipinski definition) is 2. The van der Waals surface area contributed by atoms with Crippen LogP contribution in [-0.4, -0.2) is 5.75 Å². The second-order valence-corrected chi connectivity index (χ2v) is 6.78. The van der Waals surface area contributed by atoms with Crippen molar-refractivity contribution in [1.82, 2.24) is 0 Å². The first kappa shape index (κ1) is 13.6. The fourth-order valence-corrected chi connectivity index (χ4v) is 4.20. The van der Waals surface area contributed by atoms with E-state index in [1.54, 1.807) is 0 Å². The van der Waals surface area contributed by atoms with Gasteiger partial charge in [0.2, 0.25) is 0 Å². The van der Waals surface area contributed by atoms with Crippen molar-refractivity contribution < 1.29 is 0 Å². The molecule has 0 aliphatic carbocycles. The van der Waals surface area contributed by atoms with Crippen LogP contribution < -0.4 is 5.32 Å². The Morgan fingerprint density at radius 1 is 1.05 bits per heavy atom. The van der Waals surface area contributed by atoms with Crippen LogP contribution in [0.15, 0.2) is 41.3 Å². The summed E-state index contributed by atoms with van der Waals surface area (Å²) >= 11 is 1.97. The minimum atomic E-state index is 0.438. The van der Waals surface area contributed by atoms with E-state index in [2.05, 4.69) is 62.5 Å². The van der Waals surface area contributed by atoms with Crippen molar-refractivity contribution in [2.24, 2.45) is 0 Å². The number of benzene rings is 2. The first-order valence-corrected chi connectivity index (χ1v) is 8.20. The molecular weight excluding hydrogens is 262 g/mol. The Hall–Kier alpha value is -1.41. The van der Waals surface area contributed by atoms with E-state index in [9.17, 15) is 0 Å². The Morgan fingerprint density at radius 2 is 1.75 bits per heavy atom. The van der Waals surface area contributed by atoms with Crippen LogP contribution >= 0.6 is 11.8 Å². The molecule has 1 aliphatic heterocycles. The van der Waals surface area contributed by atoms with E-state index in [0.717, 1.165) is 0 Å². The number of rotatable bonds is 2. The molecule has 1 unspecified atom stereocenters. The third-order valence-corrected chi connectivity index (χ3v) is 5.08. The number of fused-ring (bicyclic) bond motifs is 1. The van der Waals surface area contributed by atoms with Gasteiger partial charge in [0.1, 0.15) is 0 Å². The molecule has 20 heavy (non-hydrogen) atoms. The molecule has 1 atom stereocenters. The summed E-state index contributed by atoms with van der Waals surface area (Å²) in [5, 5.41) is 3.79. The molecule has 0 bridgehead atoms. The van der Waals surface area contributed by atoms with E-state index in [0.29, 0.717) is 6.04 Å². The summed E-state index contributed by atoms with van der Waals surface area (Å²) in [6, 6.07) is 13.7. The van der Waals surface area contributed by atoms with Gasteiger partial charge in [0.25, 0.3) is 0 Å². The zero-order chi connectivity index (χ0) is 14.1. The van der Waals surface area contributed by atoms with Crippen LogP contribution in [0.4, 0.5) is 5.69 Å². The minimum absolute atomic E-state index is 0.438. The highest BCUT2D eigenvalue weighted by Gasteiger charge is 2.21. The SMILES string of the molecule is Cc1cc(C)c(NC2CCSc3ccccc32)c(C)c1. The summed E-state index contributed by atoms with van der Waals surface area (Å²) in [5.41, 5.74) is 6.78. The normalized spacial score (nSPS) is 17.6. The van der Waals surface area contributed by atoms with Gasteiger partial charge in [-0.15, -0.1) is 11.8 Å². The van der Waals surface area contributed by atoms with Crippen LogP contribution in [-0.2, 0) is 0 Å². The predicted molar refractivity (Wildman–Crippen MR) is 88.8 cm³/mol. The molecule has 2 heteroatoms. The number of nitrogens with one attached hydrogen (secondary N) is 1. The van der Waals surface area contributed by atoms with E-state index < -0.39 is 0 Å². The Bertz CT molecular complexity index is 610. The lowest BCUT2D eigenvalue weighted by Gasteiger charge is -2.28. The Balaban J connectivity index is 1.94. The molecule has 3 rings (SSSR count). The highest BCUT2D eigenvalue weighted by molar-refractivity contribution is 7.99. The van der Waals surface area contributed by atoms with Crippen LogP contribution in [0, 0.1) is 20.8 Å². The molecule has 0 fully saturated rings. The monoisotopic (exact) mass is 283 g/mol. The molecular formula is C18H21NS. The number of thioether (sulfide) groups is 1. The van der Waals surface area contributed by atoms with Crippen molar-refractivity contribution in [3.63, 3.8) is 0 Å². The summed E-state index contributed by atoms with van der Waals surface area (Å²) < 4.78 is 0. The summed E-state index contributed by atoms with van der Waals surface area (Å²) in [6.07, 6.45) is 1.19. The van der Waals surface area contributed by atoms with Gasteiger partial charge in [-0.2, -0.15) is 0 Å². The lowest BCUT2D eigenvalue weighted by atomic mass is 10.00. The summed E-state index contributed by atoms with van der Waals surface area (Å²) in [5.74, 6) is 1.19. The highest BCUT2D eigenvalue weighted by atomic mass is 32.2. The van der Waals surface area contributed by atoms with Gasteiger partial charge in [-0.05, 0) is 49.9 Å². The first-order valence-electron chi connectivity index (χ1n) is 7.21. The number of hydrogen-bond donors (Lipinski definition) is 1. The maximum atomic E-state index is 3.79. The Morgan fingerprint density at radius 3 is 2.50 bits per heavy atom. The molecule has 2 aromatic rings. The Labute approximate surface area is 125 Å². The fraction of sp³-hybridized carbons (Fsp3) is 0.333. The average molecular weight is 283 g/mol. The van der Waals surface area contributed by atoms with Crippen LogP contribution in [0.3, 0.4) is 0 Å². The van der Waals surface area contributed by atoms with Crippen molar-refractivity contribution in [3.8, 4) is 0 Å². The quantitative estimate of drug-likeness (QED) is 0.806. The van der Waals surface area contributed by atoms with Crippen molar-refractivity contribution in [2.45, 2.75) is 38.1 Å². The molecule has 0 radical (unpaired) electrons. The molecule has 0 spiro atoms. The van der Waals surface area contributed by atoms with E-state index in [-0.39, 0.29) is 0 Å². The van der Waals surface area contributed by atoms with Crippen LogP contribution in [0.1, 0.15) is 34.7 Å². The van der Waals surface area contributed by atoms with Gasteiger partial charge in [-0.1, -0.05) is 35.9 Å². The van der Waals surface area contributed by atoms with Gasteiger partial charge < -0.3 is 5.32 Å². The lowest BCUT2D eigenvalue weighted by molar-refractivity contribution is 0.727. The summed E-state index contributed by atoms with van der Waals surface area (Å²) in [4.78, 5) is 1.43. The second-order valence-electron chi connectivity index (χ2n) is 5.65. The standard InChI is InChI=1S/C18H21NS/c1-12-10-13(2)18(14(3)11-12)19-16-8-9-20-17-7-5-4-6-15(16)17/h4-7,10-11,16,19H,8-9H2,1-3H3.